The molecule has 2 N–H and O–H groups in total. The molecular weight excluding hydrogens is 396 g/mol. The third-order valence-corrected chi connectivity index (χ3v) is 6.14. The van der Waals surface area contributed by atoms with Gasteiger partial charge in [0.1, 0.15) is 0 Å². The Morgan fingerprint density at radius 1 is 1.10 bits per heavy atom. The van der Waals surface area contributed by atoms with E-state index in [4.69, 9.17) is 26.7 Å². The fourth-order valence-electron chi connectivity index (χ4n) is 4.34. The highest BCUT2D eigenvalue weighted by atomic mass is 35.5. The molecule has 0 bridgehead atoms. The molecule has 0 unspecified atom stereocenters. The van der Waals surface area contributed by atoms with E-state index >= 15 is 0 Å². The lowest BCUT2D eigenvalue weighted by atomic mass is 9.81. The van der Waals surface area contributed by atoms with E-state index in [0.29, 0.717) is 27.9 Å². The highest BCUT2D eigenvalue weighted by Gasteiger charge is 2.29. The van der Waals surface area contributed by atoms with E-state index in [-0.39, 0.29) is 11.5 Å². The third-order valence-electron chi connectivity index (χ3n) is 5.89. The van der Waals surface area contributed by atoms with Crippen LogP contribution in [0.2, 0.25) is 5.02 Å². The maximum absolute atomic E-state index is 13.1. The fourth-order valence-corrected chi connectivity index (χ4v) is 4.46. The van der Waals surface area contributed by atoms with E-state index in [1.807, 2.05) is 18.2 Å². The number of anilines is 1. The maximum atomic E-state index is 13.1. The van der Waals surface area contributed by atoms with Crippen molar-refractivity contribution in [1.82, 2.24) is 4.98 Å². The van der Waals surface area contributed by atoms with Crippen LogP contribution in [0, 0.1) is 5.92 Å². The summed E-state index contributed by atoms with van der Waals surface area (Å²) in [6.07, 6.45) is 2.94. The van der Waals surface area contributed by atoms with Crippen LogP contribution in [0.5, 0.6) is 0 Å². The Kier molecular flexibility index (Phi) is 4.59. The molecule has 30 heavy (non-hydrogen) atoms. The number of rotatable bonds is 3. The number of nitrogens with zero attached hydrogens (tertiary/aromatic N) is 1. The van der Waals surface area contributed by atoms with Gasteiger partial charge in [0.25, 0.3) is 0 Å². The molecule has 0 saturated heterocycles. The van der Waals surface area contributed by atoms with Gasteiger partial charge in [-0.25, -0.2) is 4.98 Å². The molecule has 5 rings (SSSR count). The largest absolute Gasteiger partial charge is 0.432 e. The molecule has 0 amide bonds. The van der Waals surface area contributed by atoms with Crippen LogP contribution in [0.3, 0.4) is 0 Å². The van der Waals surface area contributed by atoms with Gasteiger partial charge in [0, 0.05) is 16.1 Å². The van der Waals surface area contributed by atoms with Crippen molar-refractivity contribution in [2.75, 3.05) is 5.73 Å². The number of pyridine rings is 1. The second-order valence-corrected chi connectivity index (χ2v) is 8.43. The van der Waals surface area contributed by atoms with Crippen LogP contribution in [-0.2, 0) is 12.8 Å². The lowest BCUT2D eigenvalue weighted by molar-refractivity contribution is 0.101. The summed E-state index contributed by atoms with van der Waals surface area (Å²) in [5.41, 5.74) is 12.1. The van der Waals surface area contributed by atoms with Gasteiger partial charge < -0.3 is 10.2 Å². The molecule has 1 atom stereocenters. The minimum Gasteiger partial charge on any atom is -0.432 e. The van der Waals surface area contributed by atoms with E-state index in [0.717, 1.165) is 41.5 Å². The summed E-state index contributed by atoms with van der Waals surface area (Å²) in [5, 5.41) is 1.36. The molecule has 0 fully saturated rings. The average Bonchev–Trinajstić information content (AvgIpc) is 3.10. The summed E-state index contributed by atoms with van der Waals surface area (Å²) in [6, 6.07) is 16.8. The molecule has 5 heteroatoms. The number of hydrogen-bond donors (Lipinski definition) is 1. The third kappa shape index (κ3) is 3.08. The van der Waals surface area contributed by atoms with Crippen molar-refractivity contribution < 1.29 is 9.21 Å². The lowest BCUT2D eigenvalue weighted by Crippen LogP contribution is -2.14. The first-order valence-corrected chi connectivity index (χ1v) is 10.5. The number of carbonyl (C=O) groups is 1. The minimum absolute atomic E-state index is 0.144. The fraction of sp³-hybridized carbons (Fsp3) is 0.200. The van der Waals surface area contributed by atoms with Gasteiger partial charge in [-0.3, -0.25) is 4.79 Å². The van der Waals surface area contributed by atoms with Crippen molar-refractivity contribution in [3.63, 3.8) is 0 Å². The molecule has 0 spiro atoms. The molecule has 2 aromatic heterocycles. The van der Waals surface area contributed by atoms with Gasteiger partial charge in [-0.05, 0) is 60.6 Å². The van der Waals surface area contributed by atoms with E-state index < -0.39 is 0 Å². The van der Waals surface area contributed by atoms with Gasteiger partial charge in [0.2, 0.25) is 17.3 Å². The highest BCUT2D eigenvalue weighted by Crippen LogP contribution is 2.41. The van der Waals surface area contributed by atoms with Gasteiger partial charge in [-0.2, -0.15) is 0 Å². The molecule has 2 aromatic carbocycles. The van der Waals surface area contributed by atoms with Crippen LogP contribution in [0.1, 0.15) is 40.6 Å². The monoisotopic (exact) mass is 416 g/mol. The van der Waals surface area contributed by atoms with Crippen molar-refractivity contribution in [1.29, 1.82) is 0 Å². The molecule has 1 aliphatic rings. The molecule has 0 aliphatic heterocycles. The predicted molar refractivity (Wildman–Crippen MR) is 120 cm³/mol. The summed E-state index contributed by atoms with van der Waals surface area (Å²) in [5.74, 6) is 0.419. The zero-order valence-corrected chi connectivity index (χ0v) is 17.4. The Hall–Kier alpha value is -3.11. The van der Waals surface area contributed by atoms with Crippen LogP contribution in [-0.4, -0.2) is 10.8 Å². The van der Waals surface area contributed by atoms with Crippen LogP contribution in [0.4, 0.5) is 5.69 Å². The van der Waals surface area contributed by atoms with Crippen LogP contribution in [0.25, 0.3) is 22.4 Å². The summed E-state index contributed by atoms with van der Waals surface area (Å²) >= 11 is 5.96. The van der Waals surface area contributed by atoms with E-state index in [9.17, 15) is 4.79 Å². The second-order valence-electron chi connectivity index (χ2n) is 7.99. The average molecular weight is 417 g/mol. The number of aromatic nitrogens is 1. The number of halogens is 1. The minimum atomic E-state index is -0.263. The first-order chi connectivity index (χ1) is 14.5. The number of nitrogen functional groups attached to an aromatic ring is 1. The quantitative estimate of drug-likeness (QED) is 0.410. The van der Waals surface area contributed by atoms with Gasteiger partial charge in [-0.1, -0.05) is 48.9 Å². The molecule has 1 aliphatic carbocycles. The molecule has 4 nitrogen and oxygen atoms in total. The zero-order valence-electron chi connectivity index (χ0n) is 16.6. The van der Waals surface area contributed by atoms with Crippen molar-refractivity contribution >= 4 is 34.2 Å². The number of hydrogen-bond acceptors (Lipinski definition) is 4. The highest BCUT2D eigenvalue weighted by molar-refractivity contribution is 6.30. The van der Waals surface area contributed by atoms with Crippen LogP contribution < -0.4 is 5.73 Å². The first-order valence-electron chi connectivity index (χ1n) is 10.1. The zero-order chi connectivity index (χ0) is 20.8. The molecular formula is C25H21ClN2O2. The van der Waals surface area contributed by atoms with E-state index in [1.165, 1.54) is 5.56 Å². The standard InChI is InChI=1S/C25H21ClN2O2/c1-14-7-12-18-19(13-14)20-21(27)24(23(29)16-8-10-17(26)11-9-16)30-25(20)28-22(18)15-5-3-2-4-6-15/h2-6,8-11,14H,7,12-13,27H2,1H3/t14-/m0/s1. The SMILES string of the molecule is C[C@H]1CCc2c(-c3ccccc3)nc3oc(C(=O)c4ccc(Cl)cc4)c(N)c3c2C1. The van der Waals surface area contributed by atoms with Crippen molar-refractivity contribution in [2.45, 2.75) is 26.2 Å². The van der Waals surface area contributed by atoms with Gasteiger partial charge in [0.15, 0.2) is 0 Å². The second kappa shape index (κ2) is 7.29. The van der Waals surface area contributed by atoms with Crippen molar-refractivity contribution in [3.8, 4) is 11.3 Å². The Morgan fingerprint density at radius 3 is 2.57 bits per heavy atom. The van der Waals surface area contributed by atoms with E-state index in [2.05, 4.69) is 19.1 Å². The Balaban J connectivity index is 1.73. The first kappa shape index (κ1) is 18.9. The normalized spacial score (nSPS) is 15.9. The maximum Gasteiger partial charge on any atom is 0.230 e. The summed E-state index contributed by atoms with van der Waals surface area (Å²) in [7, 11) is 0. The Labute approximate surface area is 179 Å². The number of fused-ring (bicyclic) bond motifs is 3. The van der Waals surface area contributed by atoms with Gasteiger partial charge >= 0.3 is 0 Å². The van der Waals surface area contributed by atoms with Gasteiger partial charge in [-0.15, -0.1) is 0 Å². The number of ketones is 1. The summed E-state index contributed by atoms with van der Waals surface area (Å²) in [4.78, 5) is 17.9. The number of nitrogens with two attached hydrogens (primary N) is 1. The van der Waals surface area contributed by atoms with Crippen LogP contribution >= 0.6 is 11.6 Å². The van der Waals surface area contributed by atoms with E-state index in [1.54, 1.807) is 24.3 Å². The molecule has 2 heterocycles. The smallest absolute Gasteiger partial charge is 0.230 e. The summed E-state index contributed by atoms with van der Waals surface area (Å²) < 4.78 is 5.99. The summed E-state index contributed by atoms with van der Waals surface area (Å²) in [6.45, 7) is 2.24. The Morgan fingerprint density at radius 2 is 1.83 bits per heavy atom. The lowest BCUT2D eigenvalue weighted by Gasteiger charge is -2.24. The molecule has 4 aromatic rings. The number of carbonyl (C=O) groups excluding carboxylic acids is 1. The Bertz CT molecular complexity index is 1260. The number of furan rings is 1. The topological polar surface area (TPSA) is 69.1 Å². The van der Waals surface area contributed by atoms with Crippen molar-refractivity contribution in [2.24, 2.45) is 5.92 Å². The number of benzene rings is 2. The molecule has 0 radical (unpaired) electrons. The molecule has 0 saturated carbocycles. The van der Waals surface area contributed by atoms with Gasteiger partial charge in [0.05, 0.1) is 16.8 Å². The van der Waals surface area contributed by atoms with Crippen LogP contribution in [0.15, 0.2) is 59.0 Å². The molecule has 150 valence electrons. The predicted octanol–water partition coefficient (Wildman–Crippen LogP) is 6.09. The van der Waals surface area contributed by atoms with Crippen molar-refractivity contribution in [3.05, 3.63) is 82.1 Å².